The molecule has 0 fully saturated rings. The normalized spacial score (nSPS) is 10.4. The summed E-state index contributed by atoms with van der Waals surface area (Å²) in [5.74, 6) is 0.273. The van der Waals surface area contributed by atoms with Crippen LogP contribution in [0.25, 0.3) is 0 Å². The summed E-state index contributed by atoms with van der Waals surface area (Å²) in [7, 11) is 0. The predicted octanol–water partition coefficient (Wildman–Crippen LogP) is 3.48. The van der Waals surface area contributed by atoms with Crippen LogP contribution in [0.1, 0.15) is 55.9 Å². The van der Waals surface area contributed by atoms with Crippen LogP contribution in [0.3, 0.4) is 0 Å². The molecule has 19 heavy (non-hydrogen) atoms. The molecule has 1 aromatic heterocycles. The van der Waals surface area contributed by atoms with Crippen LogP contribution < -0.4 is 5.32 Å². The van der Waals surface area contributed by atoms with Crippen LogP contribution in [-0.2, 0) is 0 Å². The van der Waals surface area contributed by atoms with Crippen molar-refractivity contribution in [3.8, 4) is 0 Å². The van der Waals surface area contributed by atoms with Crippen molar-refractivity contribution in [3.63, 3.8) is 0 Å². The second-order valence-corrected chi connectivity index (χ2v) is 5.83. The number of carbonyl (C=O) groups excluding carboxylic acids is 2. The number of nitrogens with one attached hydrogen (secondary N) is 1. The first-order chi connectivity index (χ1) is 9.24. The Morgan fingerprint density at radius 1 is 1.26 bits per heavy atom. The molecular weight excluding hydrogens is 282 g/mol. The molecule has 1 N–H and O–H groups in total. The molecule has 0 saturated carbocycles. The van der Waals surface area contributed by atoms with E-state index in [-0.39, 0.29) is 10.9 Å². The standard InChI is InChI=1S/C12H19N3O2S2/c1-2-3-4-5-6-7-8-18-12(17)13-11(16)10-9-19-15-14-10/h9H,2-8H2,1H3,(H,13,16,17). The molecule has 0 saturated heterocycles. The van der Waals surface area contributed by atoms with E-state index in [1.807, 2.05) is 0 Å². The minimum Gasteiger partial charge on any atom is -0.282 e. The smallest absolute Gasteiger partial charge is 0.282 e. The van der Waals surface area contributed by atoms with Crippen molar-refractivity contribution in [2.45, 2.75) is 45.4 Å². The summed E-state index contributed by atoms with van der Waals surface area (Å²) in [6.07, 6.45) is 7.16. The number of thioether (sulfide) groups is 1. The van der Waals surface area contributed by atoms with Gasteiger partial charge in [0, 0.05) is 11.1 Å². The first-order valence-electron chi connectivity index (χ1n) is 6.49. The van der Waals surface area contributed by atoms with Gasteiger partial charge in [0.2, 0.25) is 0 Å². The van der Waals surface area contributed by atoms with Crippen LogP contribution in [0.2, 0.25) is 0 Å². The van der Waals surface area contributed by atoms with Crippen molar-refractivity contribution in [3.05, 3.63) is 11.1 Å². The average molecular weight is 301 g/mol. The van der Waals surface area contributed by atoms with Gasteiger partial charge >= 0.3 is 0 Å². The van der Waals surface area contributed by atoms with Crippen LogP contribution in [0.5, 0.6) is 0 Å². The Labute approximate surface area is 121 Å². The maximum atomic E-state index is 11.5. The lowest BCUT2D eigenvalue weighted by atomic mass is 10.1. The van der Waals surface area contributed by atoms with E-state index in [9.17, 15) is 9.59 Å². The molecule has 106 valence electrons. The van der Waals surface area contributed by atoms with E-state index in [1.165, 1.54) is 31.1 Å². The quantitative estimate of drug-likeness (QED) is 0.744. The number of unbranched alkanes of at least 4 members (excludes halogenated alkanes) is 5. The number of hydrogen-bond acceptors (Lipinski definition) is 6. The highest BCUT2D eigenvalue weighted by Gasteiger charge is 2.12. The Bertz CT molecular complexity index is 382. The Morgan fingerprint density at radius 3 is 2.68 bits per heavy atom. The molecule has 0 bridgehead atoms. The van der Waals surface area contributed by atoms with Crippen LogP contribution in [0.4, 0.5) is 4.79 Å². The van der Waals surface area contributed by atoms with Gasteiger partial charge in [0.05, 0.1) is 0 Å². The third kappa shape index (κ3) is 7.27. The molecular formula is C12H19N3O2S2. The molecule has 1 aromatic rings. The van der Waals surface area contributed by atoms with E-state index in [0.29, 0.717) is 0 Å². The van der Waals surface area contributed by atoms with Gasteiger partial charge in [-0.1, -0.05) is 55.3 Å². The summed E-state index contributed by atoms with van der Waals surface area (Å²) >= 11 is 2.24. The van der Waals surface area contributed by atoms with Gasteiger partial charge < -0.3 is 0 Å². The summed E-state index contributed by atoms with van der Waals surface area (Å²) in [6, 6.07) is 0. The van der Waals surface area contributed by atoms with Crippen molar-refractivity contribution in [1.29, 1.82) is 0 Å². The van der Waals surface area contributed by atoms with Gasteiger partial charge in [0.1, 0.15) is 0 Å². The average Bonchev–Trinajstić information content (AvgIpc) is 2.91. The SMILES string of the molecule is CCCCCCCCSC(=O)NC(=O)c1csnn1. The molecule has 0 aliphatic rings. The first kappa shape index (κ1) is 16.1. The maximum Gasteiger partial charge on any atom is 0.285 e. The number of imide groups is 1. The zero-order valence-corrected chi connectivity index (χ0v) is 12.7. The maximum absolute atomic E-state index is 11.5. The van der Waals surface area contributed by atoms with Gasteiger partial charge in [-0.15, -0.1) is 5.10 Å². The molecule has 7 heteroatoms. The van der Waals surface area contributed by atoms with Gasteiger partial charge in [-0.05, 0) is 18.0 Å². The second kappa shape index (κ2) is 9.91. The van der Waals surface area contributed by atoms with Gasteiger partial charge in [-0.3, -0.25) is 14.9 Å². The Balaban J connectivity index is 2.04. The fourth-order valence-corrected chi connectivity index (χ4v) is 2.64. The molecule has 0 spiro atoms. The van der Waals surface area contributed by atoms with E-state index in [4.69, 9.17) is 0 Å². The molecule has 0 unspecified atom stereocenters. The third-order valence-electron chi connectivity index (χ3n) is 2.54. The van der Waals surface area contributed by atoms with Gasteiger partial charge in [0.25, 0.3) is 11.1 Å². The van der Waals surface area contributed by atoms with Crippen molar-refractivity contribution >= 4 is 34.4 Å². The van der Waals surface area contributed by atoms with E-state index in [2.05, 4.69) is 21.8 Å². The zero-order valence-electron chi connectivity index (χ0n) is 11.1. The Kier molecular flexibility index (Phi) is 8.40. The van der Waals surface area contributed by atoms with Crippen LogP contribution in [-0.4, -0.2) is 26.5 Å². The van der Waals surface area contributed by atoms with Gasteiger partial charge in [0.15, 0.2) is 5.69 Å². The lowest BCUT2D eigenvalue weighted by Crippen LogP contribution is -2.27. The second-order valence-electron chi connectivity index (χ2n) is 4.15. The molecule has 2 amide bonds. The van der Waals surface area contributed by atoms with E-state index in [1.54, 1.807) is 0 Å². The minimum absolute atomic E-state index is 0.193. The highest BCUT2D eigenvalue weighted by molar-refractivity contribution is 8.13. The molecule has 1 heterocycles. The van der Waals surface area contributed by atoms with Gasteiger partial charge in [-0.2, -0.15) is 0 Å². The van der Waals surface area contributed by atoms with Crippen LogP contribution in [0, 0.1) is 0 Å². The van der Waals surface area contributed by atoms with Crippen LogP contribution in [0.15, 0.2) is 5.38 Å². The van der Waals surface area contributed by atoms with E-state index >= 15 is 0 Å². The predicted molar refractivity (Wildman–Crippen MR) is 78.6 cm³/mol. The van der Waals surface area contributed by atoms with Crippen molar-refractivity contribution in [1.82, 2.24) is 14.9 Å². The van der Waals surface area contributed by atoms with Gasteiger partial charge in [-0.25, -0.2) is 0 Å². The summed E-state index contributed by atoms with van der Waals surface area (Å²) in [5.41, 5.74) is 0.193. The highest BCUT2D eigenvalue weighted by Crippen LogP contribution is 2.10. The molecule has 0 aromatic carbocycles. The Morgan fingerprint density at radius 2 is 2.00 bits per heavy atom. The number of carbonyl (C=O) groups is 2. The van der Waals surface area contributed by atoms with Crippen molar-refractivity contribution < 1.29 is 9.59 Å². The third-order valence-corrected chi connectivity index (χ3v) is 3.90. The lowest BCUT2D eigenvalue weighted by Gasteiger charge is -2.02. The molecule has 5 nitrogen and oxygen atoms in total. The zero-order chi connectivity index (χ0) is 13.9. The number of amides is 2. The fraction of sp³-hybridized carbons (Fsp3) is 0.667. The molecule has 0 aliphatic heterocycles. The topological polar surface area (TPSA) is 72.0 Å². The lowest BCUT2D eigenvalue weighted by molar-refractivity contribution is 0.0964. The summed E-state index contributed by atoms with van der Waals surface area (Å²) in [5, 5.41) is 7.09. The number of aromatic nitrogens is 2. The summed E-state index contributed by atoms with van der Waals surface area (Å²) in [4.78, 5) is 23.0. The van der Waals surface area contributed by atoms with Crippen molar-refractivity contribution in [2.75, 3.05) is 5.75 Å². The fourth-order valence-electron chi connectivity index (χ4n) is 1.50. The summed E-state index contributed by atoms with van der Waals surface area (Å²) in [6.45, 7) is 2.19. The highest BCUT2D eigenvalue weighted by atomic mass is 32.2. The molecule has 0 radical (unpaired) electrons. The Hall–Kier alpha value is -0.950. The molecule has 1 rings (SSSR count). The largest absolute Gasteiger partial charge is 0.285 e. The minimum atomic E-state index is -0.478. The summed E-state index contributed by atoms with van der Waals surface area (Å²) < 4.78 is 3.57. The monoisotopic (exact) mass is 301 g/mol. The van der Waals surface area contributed by atoms with Crippen LogP contribution >= 0.6 is 23.3 Å². The number of hydrogen-bond donors (Lipinski definition) is 1. The molecule has 0 aliphatic carbocycles. The molecule has 0 atom stereocenters. The van der Waals surface area contributed by atoms with E-state index < -0.39 is 5.91 Å². The number of nitrogens with zero attached hydrogens (tertiary/aromatic N) is 2. The number of rotatable bonds is 8. The first-order valence-corrected chi connectivity index (χ1v) is 8.31. The van der Waals surface area contributed by atoms with E-state index in [0.717, 1.165) is 41.9 Å². The van der Waals surface area contributed by atoms with Crippen molar-refractivity contribution in [2.24, 2.45) is 0 Å².